The molecule has 1 nitrogen and oxygen atoms in total. The van der Waals surface area contributed by atoms with E-state index >= 15 is 0 Å². The van der Waals surface area contributed by atoms with Gasteiger partial charge in [0, 0.05) is 11.5 Å². The van der Waals surface area contributed by atoms with Gasteiger partial charge in [0.15, 0.2) is 0 Å². The highest BCUT2D eigenvalue weighted by Crippen LogP contribution is 2.27. The third kappa shape index (κ3) is 5.13. The van der Waals surface area contributed by atoms with E-state index in [1.807, 2.05) is 11.3 Å². The second-order valence-electron chi connectivity index (χ2n) is 4.22. The first-order chi connectivity index (χ1) is 7.88. The molecule has 1 aromatic rings. The molecule has 1 heterocycles. The largest absolute Gasteiger partial charge is 0.373 e. The number of hydrogen-bond donors (Lipinski definition) is 0. The van der Waals surface area contributed by atoms with Crippen molar-refractivity contribution in [3.8, 4) is 0 Å². The Morgan fingerprint density at radius 3 is 2.62 bits per heavy atom. The highest BCUT2D eigenvalue weighted by molar-refractivity contribution is 7.10. The van der Waals surface area contributed by atoms with Crippen LogP contribution in [0.4, 0.5) is 0 Å². The molecule has 0 N–H and O–H groups in total. The fourth-order valence-corrected chi connectivity index (χ4v) is 2.56. The Balaban J connectivity index is 2.32. The molecule has 0 saturated carbocycles. The zero-order valence-electron chi connectivity index (χ0n) is 10.6. The Morgan fingerprint density at radius 2 is 2.00 bits per heavy atom. The Bertz CT molecular complexity index is 243. The van der Waals surface area contributed by atoms with Crippen molar-refractivity contribution in [1.82, 2.24) is 0 Å². The Kier molecular flexibility index (Phi) is 7.52. The zero-order chi connectivity index (χ0) is 11.6. The van der Waals surface area contributed by atoms with Crippen molar-refractivity contribution in [2.45, 2.75) is 58.5 Å². The lowest BCUT2D eigenvalue weighted by atomic mass is 10.1. The summed E-state index contributed by atoms with van der Waals surface area (Å²) in [6.07, 6.45) is 7.77. The first kappa shape index (κ1) is 13.7. The number of hydrogen-bond acceptors (Lipinski definition) is 2. The Labute approximate surface area is 104 Å². The van der Waals surface area contributed by atoms with Gasteiger partial charge in [0.1, 0.15) is 0 Å². The molecule has 0 spiro atoms. The molecule has 1 atom stereocenters. The molecular formula is C14H24OS. The van der Waals surface area contributed by atoms with Crippen molar-refractivity contribution in [2.24, 2.45) is 0 Å². The molecule has 0 aromatic carbocycles. The van der Waals surface area contributed by atoms with Crippen LogP contribution in [0.25, 0.3) is 0 Å². The van der Waals surface area contributed by atoms with Crippen LogP contribution in [0.5, 0.6) is 0 Å². The molecule has 0 fully saturated rings. The molecule has 0 aliphatic rings. The molecule has 1 unspecified atom stereocenters. The summed E-state index contributed by atoms with van der Waals surface area (Å²) in [5, 5.41) is 2.14. The van der Waals surface area contributed by atoms with Gasteiger partial charge >= 0.3 is 0 Å². The standard InChI is InChI=1S/C14H24OS/c1-3-5-7-11-15-13(9-6-4-2)14-10-8-12-16-14/h8,10,12-13H,3-7,9,11H2,1-2H3. The molecule has 1 aromatic heterocycles. The van der Waals surface area contributed by atoms with E-state index in [4.69, 9.17) is 4.74 Å². The van der Waals surface area contributed by atoms with Gasteiger partial charge in [-0.3, -0.25) is 0 Å². The summed E-state index contributed by atoms with van der Waals surface area (Å²) in [5.74, 6) is 0. The van der Waals surface area contributed by atoms with Crippen molar-refractivity contribution >= 4 is 11.3 Å². The lowest BCUT2D eigenvalue weighted by molar-refractivity contribution is 0.0450. The SMILES string of the molecule is CCCCCOC(CCCC)c1cccs1. The molecule has 0 amide bonds. The quantitative estimate of drug-likeness (QED) is 0.540. The molecular weight excluding hydrogens is 216 g/mol. The molecule has 2 heteroatoms. The monoisotopic (exact) mass is 240 g/mol. The summed E-state index contributed by atoms with van der Waals surface area (Å²) < 4.78 is 6.00. The lowest BCUT2D eigenvalue weighted by Crippen LogP contribution is -2.04. The highest BCUT2D eigenvalue weighted by Gasteiger charge is 2.11. The van der Waals surface area contributed by atoms with E-state index in [9.17, 15) is 0 Å². The van der Waals surface area contributed by atoms with E-state index in [1.54, 1.807) is 0 Å². The summed E-state index contributed by atoms with van der Waals surface area (Å²) in [6.45, 7) is 5.39. The van der Waals surface area contributed by atoms with E-state index in [1.165, 1.54) is 43.4 Å². The van der Waals surface area contributed by atoms with E-state index in [0.717, 1.165) is 6.61 Å². The van der Waals surface area contributed by atoms with Gasteiger partial charge in [0.25, 0.3) is 0 Å². The van der Waals surface area contributed by atoms with Crippen molar-refractivity contribution in [3.05, 3.63) is 22.4 Å². The Morgan fingerprint density at radius 1 is 1.19 bits per heavy atom. The third-order valence-corrected chi connectivity index (χ3v) is 3.71. The van der Waals surface area contributed by atoms with Gasteiger partial charge in [-0.15, -0.1) is 11.3 Å². The molecule has 0 radical (unpaired) electrons. The normalized spacial score (nSPS) is 12.9. The van der Waals surface area contributed by atoms with E-state index < -0.39 is 0 Å². The fraction of sp³-hybridized carbons (Fsp3) is 0.714. The van der Waals surface area contributed by atoms with Gasteiger partial charge in [0.05, 0.1) is 6.10 Å². The predicted molar refractivity (Wildman–Crippen MR) is 72.1 cm³/mol. The molecule has 16 heavy (non-hydrogen) atoms. The molecule has 92 valence electrons. The van der Waals surface area contributed by atoms with Crippen molar-refractivity contribution < 1.29 is 4.74 Å². The van der Waals surface area contributed by atoms with E-state index in [2.05, 4.69) is 31.4 Å². The maximum atomic E-state index is 6.00. The van der Waals surface area contributed by atoms with Crippen LogP contribution < -0.4 is 0 Å². The van der Waals surface area contributed by atoms with Crippen LogP contribution in [-0.4, -0.2) is 6.61 Å². The van der Waals surface area contributed by atoms with E-state index in [-0.39, 0.29) is 0 Å². The smallest absolute Gasteiger partial charge is 0.0916 e. The van der Waals surface area contributed by atoms with Crippen LogP contribution in [0, 0.1) is 0 Å². The zero-order valence-corrected chi connectivity index (χ0v) is 11.4. The molecule has 0 bridgehead atoms. The summed E-state index contributed by atoms with van der Waals surface area (Å²) in [7, 11) is 0. The maximum absolute atomic E-state index is 6.00. The lowest BCUT2D eigenvalue weighted by Gasteiger charge is -2.16. The van der Waals surface area contributed by atoms with Gasteiger partial charge in [-0.25, -0.2) is 0 Å². The number of thiophene rings is 1. The highest BCUT2D eigenvalue weighted by atomic mass is 32.1. The maximum Gasteiger partial charge on any atom is 0.0916 e. The first-order valence-electron chi connectivity index (χ1n) is 6.53. The predicted octanol–water partition coefficient (Wildman–Crippen LogP) is 5.19. The summed E-state index contributed by atoms with van der Waals surface area (Å²) in [5.41, 5.74) is 0. The number of rotatable bonds is 9. The van der Waals surface area contributed by atoms with E-state index in [0.29, 0.717) is 6.10 Å². The number of unbranched alkanes of at least 4 members (excludes halogenated alkanes) is 3. The van der Waals surface area contributed by atoms with Crippen LogP contribution in [0.2, 0.25) is 0 Å². The average Bonchev–Trinajstić information content (AvgIpc) is 2.82. The Hall–Kier alpha value is -0.340. The summed E-state index contributed by atoms with van der Waals surface area (Å²) in [4.78, 5) is 1.39. The number of ether oxygens (including phenoxy) is 1. The minimum absolute atomic E-state index is 0.344. The average molecular weight is 240 g/mol. The van der Waals surface area contributed by atoms with Gasteiger partial charge < -0.3 is 4.74 Å². The molecule has 0 aliphatic heterocycles. The van der Waals surface area contributed by atoms with Crippen LogP contribution in [-0.2, 0) is 4.74 Å². The van der Waals surface area contributed by atoms with Crippen molar-refractivity contribution in [2.75, 3.05) is 6.61 Å². The second-order valence-corrected chi connectivity index (χ2v) is 5.20. The van der Waals surface area contributed by atoms with Crippen LogP contribution in [0.3, 0.4) is 0 Å². The van der Waals surface area contributed by atoms with Gasteiger partial charge in [-0.05, 0) is 24.3 Å². The second kappa shape index (κ2) is 8.77. The minimum atomic E-state index is 0.344. The fourth-order valence-electron chi connectivity index (χ4n) is 1.75. The topological polar surface area (TPSA) is 9.23 Å². The van der Waals surface area contributed by atoms with Crippen LogP contribution in [0.15, 0.2) is 17.5 Å². The van der Waals surface area contributed by atoms with Gasteiger partial charge in [-0.1, -0.05) is 45.6 Å². The minimum Gasteiger partial charge on any atom is -0.373 e. The molecule has 1 rings (SSSR count). The van der Waals surface area contributed by atoms with Gasteiger partial charge in [-0.2, -0.15) is 0 Å². The third-order valence-electron chi connectivity index (χ3n) is 2.75. The van der Waals surface area contributed by atoms with Crippen molar-refractivity contribution in [3.63, 3.8) is 0 Å². The van der Waals surface area contributed by atoms with Crippen molar-refractivity contribution in [1.29, 1.82) is 0 Å². The van der Waals surface area contributed by atoms with Gasteiger partial charge in [0.2, 0.25) is 0 Å². The summed E-state index contributed by atoms with van der Waals surface area (Å²) >= 11 is 1.82. The molecule has 0 saturated heterocycles. The van der Waals surface area contributed by atoms with Crippen LogP contribution >= 0.6 is 11.3 Å². The molecule has 0 aliphatic carbocycles. The first-order valence-corrected chi connectivity index (χ1v) is 7.41. The van der Waals surface area contributed by atoms with Crippen LogP contribution in [0.1, 0.15) is 63.4 Å². The summed E-state index contributed by atoms with van der Waals surface area (Å²) in [6, 6.07) is 4.32.